The van der Waals surface area contributed by atoms with Gasteiger partial charge in [-0.25, -0.2) is 0 Å². The number of morpholine rings is 1. The standard InChI is InChI=1S/C12H19N5O3/c1-7-8(2)14-15-12(10(7)11(13)16-19)17-3-4-20-9(5-17)6-18/h9,18-19H,3-6H2,1-2H3,(H2,13,16). The van der Waals surface area contributed by atoms with E-state index in [1.54, 1.807) is 0 Å². The van der Waals surface area contributed by atoms with Gasteiger partial charge < -0.3 is 25.7 Å². The van der Waals surface area contributed by atoms with Crippen LogP contribution in [0.15, 0.2) is 5.16 Å². The molecule has 1 aliphatic heterocycles. The van der Waals surface area contributed by atoms with Gasteiger partial charge in [0.25, 0.3) is 0 Å². The molecule has 4 N–H and O–H groups in total. The van der Waals surface area contributed by atoms with Gasteiger partial charge in [-0.3, -0.25) is 0 Å². The number of aromatic nitrogens is 2. The number of rotatable bonds is 3. The van der Waals surface area contributed by atoms with Crippen LogP contribution in [0.2, 0.25) is 0 Å². The highest BCUT2D eigenvalue weighted by atomic mass is 16.5. The summed E-state index contributed by atoms with van der Waals surface area (Å²) < 4.78 is 5.41. The Morgan fingerprint density at radius 3 is 2.90 bits per heavy atom. The van der Waals surface area contributed by atoms with Gasteiger partial charge in [0.2, 0.25) is 0 Å². The fraction of sp³-hybridized carbons (Fsp3) is 0.583. The Kier molecular flexibility index (Phi) is 4.35. The van der Waals surface area contributed by atoms with Crippen molar-refractivity contribution in [1.82, 2.24) is 10.2 Å². The number of aliphatic hydroxyl groups is 1. The molecule has 1 saturated heterocycles. The van der Waals surface area contributed by atoms with Gasteiger partial charge in [-0.2, -0.15) is 5.10 Å². The first-order valence-electron chi connectivity index (χ1n) is 6.37. The molecule has 8 heteroatoms. The number of aliphatic hydroxyl groups excluding tert-OH is 1. The second-order valence-corrected chi connectivity index (χ2v) is 4.72. The van der Waals surface area contributed by atoms with E-state index in [4.69, 9.17) is 15.7 Å². The van der Waals surface area contributed by atoms with Crippen molar-refractivity contribution in [3.05, 3.63) is 16.8 Å². The zero-order valence-corrected chi connectivity index (χ0v) is 11.6. The van der Waals surface area contributed by atoms with Crippen LogP contribution in [-0.4, -0.2) is 58.8 Å². The van der Waals surface area contributed by atoms with Crippen LogP contribution in [0.5, 0.6) is 0 Å². The Hall–Kier alpha value is -1.93. The third-order valence-corrected chi connectivity index (χ3v) is 3.44. The largest absolute Gasteiger partial charge is 0.409 e. The highest BCUT2D eigenvalue weighted by molar-refractivity contribution is 6.02. The third kappa shape index (κ3) is 2.66. The maximum atomic E-state index is 9.20. The number of hydrogen-bond acceptors (Lipinski definition) is 7. The Balaban J connectivity index is 2.43. The predicted octanol–water partition coefficient (Wildman–Crippen LogP) is -0.615. The maximum absolute atomic E-state index is 9.20. The van der Waals surface area contributed by atoms with E-state index in [9.17, 15) is 5.11 Å². The molecule has 0 aromatic carbocycles. The summed E-state index contributed by atoms with van der Waals surface area (Å²) in [4.78, 5) is 1.93. The molecule has 0 amide bonds. The molecule has 1 aliphatic rings. The maximum Gasteiger partial charge on any atom is 0.174 e. The summed E-state index contributed by atoms with van der Waals surface area (Å²) in [5.41, 5.74) is 7.87. The molecule has 1 aromatic rings. The Bertz CT molecular complexity index is 520. The Morgan fingerprint density at radius 2 is 2.25 bits per heavy atom. The molecular weight excluding hydrogens is 262 g/mol. The number of hydrogen-bond donors (Lipinski definition) is 3. The number of ether oxygens (including phenoxy) is 1. The molecule has 0 spiro atoms. The lowest BCUT2D eigenvalue weighted by atomic mass is 10.1. The first kappa shape index (κ1) is 14.5. The molecule has 0 bridgehead atoms. The van der Waals surface area contributed by atoms with E-state index >= 15 is 0 Å². The van der Waals surface area contributed by atoms with Crippen molar-refractivity contribution in [3.8, 4) is 0 Å². The van der Waals surface area contributed by atoms with E-state index in [0.29, 0.717) is 31.1 Å². The fourth-order valence-electron chi connectivity index (χ4n) is 2.20. The van der Waals surface area contributed by atoms with E-state index in [1.807, 2.05) is 18.7 Å². The van der Waals surface area contributed by atoms with E-state index in [1.165, 1.54) is 0 Å². The molecule has 1 atom stereocenters. The number of nitrogens with two attached hydrogens (primary N) is 1. The van der Waals surface area contributed by atoms with Crippen molar-refractivity contribution in [2.75, 3.05) is 31.2 Å². The molecule has 1 aromatic heterocycles. The lowest BCUT2D eigenvalue weighted by Crippen LogP contribution is -2.45. The van der Waals surface area contributed by atoms with Gasteiger partial charge in [0, 0.05) is 13.1 Å². The van der Waals surface area contributed by atoms with Crippen LogP contribution in [0.3, 0.4) is 0 Å². The summed E-state index contributed by atoms with van der Waals surface area (Å²) in [6.07, 6.45) is -0.271. The molecule has 0 aliphatic carbocycles. The molecule has 8 nitrogen and oxygen atoms in total. The van der Waals surface area contributed by atoms with Gasteiger partial charge in [0.1, 0.15) is 0 Å². The number of aryl methyl sites for hydroxylation is 1. The van der Waals surface area contributed by atoms with Crippen LogP contribution in [-0.2, 0) is 4.74 Å². The number of amidine groups is 1. The van der Waals surface area contributed by atoms with Crippen LogP contribution >= 0.6 is 0 Å². The smallest absolute Gasteiger partial charge is 0.174 e. The van der Waals surface area contributed by atoms with Gasteiger partial charge >= 0.3 is 0 Å². The predicted molar refractivity (Wildman–Crippen MR) is 73.1 cm³/mol. The number of anilines is 1. The van der Waals surface area contributed by atoms with Crippen molar-refractivity contribution in [2.45, 2.75) is 20.0 Å². The topological polar surface area (TPSA) is 117 Å². The first-order chi connectivity index (χ1) is 9.58. The molecule has 110 valence electrons. The molecule has 20 heavy (non-hydrogen) atoms. The lowest BCUT2D eigenvalue weighted by Gasteiger charge is -2.33. The van der Waals surface area contributed by atoms with Gasteiger partial charge in [0.15, 0.2) is 11.7 Å². The third-order valence-electron chi connectivity index (χ3n) is 3.44. The first-order valence-corrected chi connectivity index (χ1v) is 6.37. The summed E-state index contributed by atoms with van der Waals surface area (Å²) in [5, 5.41) is 29.5. The lowest BCUT2D eigenvalue weighted by molar-refractivity contribution is 0.00330. The summed E-state index contributed by atoms with van der Waals surface area (Å²) >= 11 is 0. The van der Waals surface area contributed by atoms with Crippen LogP contribution in [0.1, 0.15) is 16.8 Å². The summed E-state index contributed by atoms with van der Waals surface area (Å²) in [5.74, 6) is 0.549. The Morgan fingerprint density at radius 1 is 1.50 bits per heavy atom. The second kappa shape index (κ2) is 6.02. The SMILES string of the molecule is Cc1nnc(N2CCOC(CO)C2)c(C(N)=NO)c1C. The highest BCUT2D eigenvalue weighted by Gasteiger charge is 2.26. The van der Waals surface area contributed by atoms with Gasteiger partial charge in [-0.05, 0) is 19.4 Å². The van der Waals surface area contributed by atoms with E-state index in [0.717, 1.165) is 11.3 Å². The average Bonchev–Trinajstić information content (AvgIpc) is 2.49. The molecule has 2 rings (SSSR count). The number of oxime groups is 1. The van der Waals surface area contributed by atoms with Crippen molar-refractivity contribution in [2.24, 2.45) is 10.9 Å². The van der Waals surface area contributed by atoms with Crippen molar-refractivity contribution in [1.29, 1.82) is 0 Å². The molecule has 0 radical (unpaired) electrons. The van der Waals surface area contributed by atoms with Gasteiger partial charge in [-0.15, -0.1) is 5.10 Å². The van der Waals surface area contributed by atoms with Crippen LogP contribution < -0.4 is 10.6 Å². The summed E-state index contributed by atoms with van der Waals surface area (Å²) in [6.45, 7) is 5.18. The normalized spacial score (nSPS) is 20.2. The van der Waals surface area contributed by atoms with Crippen molar-refractivity contribution in [3.63, 3.8) is 0 Å². The fourth-order valence-corrected chi connectivity index (χ4v) is 2.20. The zero-order chi connectivity index (χ0) is 14.7. The van der Waals surface area contributed by atoms with Gasteiger partial charge in [-0.1, -0.05) is 5.16 Å². The van der Waals surface area contributed by atoms with Crippen molar-refractivity contribution >= 4 is 11.7 Å². The minimum Gasteiger partial charge on any atom is -0.409 e. The zero-order valence-electron chi connectivity index (χ0n) is 11.6. The van der Waals surface area contributed by atoms with Crippen LogP contribution in [0.4, 0.5) is 5.82 Å². The molecule has 2 heterocycles. The van der Waals surface area contributed by atoms with Crippen LogP contribution in [0, 0.1) is 13.8 Å². The monoisotopic (exact) mass is 281 g/mol. The van der Waals surface area contributed by atoms with Crippen molar-refractivity contribution < 1.29 is 15.1 Å². The van der Waals surface area contributed by atoms with Gasteiger partial charge in [0.05, 0.1) is 30.6 Å². The minimum absolute atomic E-state index is 0.00235. The molecular formula is C12H19N5O3. The molecule has 1 fully saturated rings. The summed E-state index contributed by atoms with van der Waals surface area (Å²) in [7, 11) is 0. The minimum atomic E-state index is -0.271. The van der Waals surface area contributed by atoms with Crippen LogP contribution in [0.25, 0.3) is 0 Å². The summed E-state index contributed by atoms with van der Waals surface area (Å²) in [6, 6.07) is 0. The molecule has 1 unspecified atom stereocenters. The van der Waals surface area contributed by atoms with E-state index in [-0.39, 0.29) is 18.5 Å². The highest BCUT2D eigenvalue weighted by Crippen LogP contribution is 2.23. The quantitative estimate of drug-likeness (QED) is 0.293. The Labute approximate surface area is 116 Å². The van der Waals surface area contributed by atoms with E-state index in [2.05, 4.69) is 15.4 Å². The number of nitrogens with zero attached hydrogens (tertiary/aromatic N) is 4. The average molecular weight is 281 g/mol. The molecule has 0 saturated carbocycles. The second-order valence-electron chi connectivity index (χ2n) is 4.72. The van der Waals surface area contributed by atoms with E-state index < -0.39 is 0 Å².